The highest BCUT2D eigenvalue weighted by molar-refractivity contribution is 7.93. The number of carboxylic acid groups (broad SMARTS) is 1. The van der Waals surface area contributed by atoms with E-state index >= 15 is 0 Å². The first-order chi connectivity index (χ1) is 12.6. The first kappa shape index (κ1) is 21.4. The molecule has 2 atom stereocenters. The van der Waals surface area contributed by atoms with Gasteiger partial charge in [0.05, 0.1) is 11.2 Å². The third-order valence-corrected chi connectivity index (χ3v) is 8.15. The molecule has 2 unspecified atom stereocenters. The summed E-state index contributed by atoms with van der Waals surface area (Å²) >= 11 is 0. The zero-order chi connectivity index (χ0) is 20.2. The molecule has 1 aliphatic carbocycles. The fourth-order valence-corrected chi connectivity index (χ4v) is 6.16. The van der Waals surface area contributed by atoms with Gasteiger partial charge in [-0.3, -0.25) is 9.59 Å². The van der Waals surface area contributed by atoms with Gasteiger partial charge in [0.15, 0.2) is 9.84 Å². The van der Waals surface area contributed by atoms with Gasteiger partial charge < -0.3 is 10.4 Å². The fourth-order valence-electron chi connectivity index (χ4n) is 3.64. The van der Waals surface area contributed by atoms with Gasteiger partial charge in [-0.1, -0.05) is 45.2 Å². The SMILES string of the molecule is CC(C(=O)O)c1ccc(NC(=O)C(C(C)C)S(=O)(=O)C2CCCCC2)cc1. The van der Waals surface area contributed by atoms with Gasteiger partial charge in [0.25, 0.3) is 0 Å². The van der Waals surface area contributed by atoms with E-state index in [9.17, 15) is 18.0 Å². The molecular weight excluding hydrogens is 366 g/mol. The fraction of sp³-hybridized carbons (Fsp3) is 0.600. The summed E-state index contributed by atoms with van der Waals surface area (Å²) in [7, 11) is -3.57. The Balaban J connectivity index is 2.16. The Morgan fingerprint density at radius 2 is 1.59 bits per heavy atom. The van der Waals surface area contributed by atoms with Crippen LogP contribution in [0.4, 0.5) is 5.69 Å². The van der Waals surface area contributed by atoms with Crippen LogP contribution < -0.4 is 5.32 Å². The first-order valence-corrected chi connectivity index (χ1v) is 11.1. The largest absolute Gasteiger partial charge is 0.481 e. The van der Waals surface area contributed by atoms with Crippen molar-refractivity contribution in [2.24, 2.45) is 5.92 Å². The number of hydrogen-bond acceptors (Lipinski definition) is 4. The summed E-state index contributed by atoms with van der Waals surface area (Å²) in [6.45, 7) is 5.09. The van der Waals surface area contributed by atoms with E-state index in [1.165, 1.54) is 0 Å². The van der Waals surface area contributed by atoms with Gasteiger partial charge >= 0.3 is 5.97 Å². The lowest BCUT2D eigenvalue weighted by Crippen LogP contribution is -2.44. The monoisotopic (exact) mass is 395 g/mol. The zero-order valence-electron chi connectivity index (χ0n) is 16.1. The van der Waals surface area contributed by atoms with Crippen molar-refractivity contribution >= 4 is 27.4 Å². The lowest BCUT2D eigenvalue weighted by molar-refractivity contribution is -0.138. The number of anilines is 1. The highest BCUT2D eigenvalue weighted by Crippen LogP contribution is 2.29. The number of benzene rings is 1. The van der Waals surface area contributed by atoms with Crippen LogP contribution in [0.5, 0.6) is 0 Å². The van der Waals surface area contributed by atoms with E-state index in [2.05, 4.69) is 5.32 Å². The molecule has 2 rings (SSSR count). The number of sulfone groups is 1. The van der Waals surface area contributed by atoms with E-state index in [-0.39, 0.29) is 5.92 Å². The highest BCUT2D eigenvalue weighted by atomic mass is 32.2. The number of aliphatic carboxylic acids is 1. The van der Waals surface area contributed by atoms with Crippen molar-refractivity contribution in [1.82, 2.24) is 0 Å². The molecule has 2 N–H and O–H groups in total. The maximum absolute atomic E-state index is 13.1. The molecule has 6 nitrogen and oxygen atoms in total. The highest BCUT2D eigenvalue weighted by Gasteiger charge is 2.41. The summed E-state index contributed by atoms with van der Waals surface area (Å²) in [6.07, 6.45) is 4.08. The van der Waals surface area contributed by atoms with E-state index < -0.39 is 38.1 Å². The van der Waals surface area contributed by atoms with Gasteiger partial charge in [0, 0.05) is 5.69 Å². The van der Waals surface area contributed by atoms with Crippen LogP contribution in [0.15, 0.2) is 24.3 Å². The average molecular weight is 396 g/mol. The molecule has 7 heteroatoms. The number of carbonyl (C=O) groups is 2. The molecule has 1 aliphatic rings. The maximum atomic E-state index is 13.1. The minimum Gasteiger partial charge on any atom is -0.481 e. The quantitative estimate of drug-likeness (QED) is 0.735. The summed E-state index contributed by atoms with van der Waals surface area (Å²) < 4.78 is 26.1. The Hall–Kier alpha value is -1.89. The summed E-state index contributed by atoms with van der Waals surface area (Å²) in [6, 6.07) is 6.48. The Kier molecular flexibility index (Phi) is 7.03. The number of amides is 1. The Labute approximate surface area is 161 Å². The predicted molar refractivity (Wildman–Crippen MR) is 106 cm³/mol. The number of nitrogens with one attached hydrogen (secondary N) is 1. The van der Waals surface area contributed by atoms with Gasteiger partial charge in [-0.2, -0.15) is 0 Å². The van der Waals surface area contributed by atoms with Crippen LogP contribution in [0.1, 0.15) is 64.4 Å². The van der Waals surface area contributed by atoms with Gasteiger partial charge in [-0.05, 0) is 43.4 Å². The molecule has 0 aliphatic heterocycles. The second-order valence-electron chi connectivity index (χ2n) is 7.68. The van der Waals surface area contributed by atoms with Crippen molar-refractivity contribution in [1.29, 1.82) is 0 Å². The molecule has 1 aromatic carbocycles. The molecule has 1 fully saturated rings. The molecule has 150 valence electrons. The van der Waals surface area contributed by atoms with Gasteiger partial charge in [-0.15, -0.1) is 0 Å². The first-order valence-electron chi connectivity index (χ1n) is 9.51. The molecule has 1 aromatic rings. The van der Waals surface area contributed by atoms with Crippen LogP contribution in [0.3, 0.4) is 0 Å². The van der Waals surface area contributed by atoms with Crippen LogP contribution in [-0.4, -0.2) is 35.9 Å². The smallest absolute Gasteiger partial charge is 0.310 e. The van der Waals surface area contributed by atoms with Crippen molar-refractivity contribution in [2.75, 3.05) is 5.32 Å². The van der Waals surface area contributed by atoms with Crippen LogP contribution in [-0.2, 0) is 19.4 Å². The van der Waals surface area contributed by atoms with Gasteiger partial charge in [0.2, 0.25) is 5.91 Å². The number of carboxylic acids is 1. The number of carbonyl (C=O) groups excluding carboxylic acids is 1. The zero-order valence-corrected chi connectivity index (χ0v) is 17.0. The molecular formula is C20H29NO5S. The lowest BCUT2D eigenvalue weighted by Gasteiger charge is -2.28. The topological polar surface area (TPSA) is 101 Å². The molecule has 0 aromatic heterocycles. The van der Waals surface area contributed by atoms with Crippen molar-refractivity contribution in [3.63, 3.8) is 0 Å². The molecule has 1 saturated carbocycles. The molecule has 27 heavy (non-hydrogen) atoms. The Morgan fingerprint density at radius 1 is 1.04 bits per heavy atom. The molecule has 1 amide bonds. The third kappa shape index (κ3) is 5.09. The minimum absolute atomic E-state index is 0.330. The summed E-state index contributed by atoms with van der Waals surface area (Å²) in [5.41, 5.74) is 1.08. The maximum Gasteiger partial charge on any atom is 0.310 e. The van der Waals surface area contributed by atoms with E-state index in [0.29, 0.717) is 24.1 Å². The van der Waals surface area contributed by atoms with Crippen molar-refractivity contribution in [3.8, 4) is 0 Å². The minimum atomic E-state index is -3.57. The third-order valence-electron chi connectivity index (χ3n) is 5.28. The molecule has 0 heterocycles. The lowest BCUT2D eigenvalue weighted by atomic mass is 10.0. The molecule has 0 radical (unpaired) electrons. The molecule has 0 saturated heterocycles. The van der Waals surface area contributed by atoms with Crippen LogP contribution in [0.25, 0.3) is 0 Å². The van der Waals surface area contributed by atoms with Crippen molar-refractivity contribution in [3.05, 3.63) is 29.8 Å². The molecule has 0 spiro atoms. The number of rotatable bonds is 7. The predicted octanol–water partition coefficient (Wildman–Crippen LogP) is 3.59. The van der Waals surface area contributed by atoms with Crippen molar-refractivity contribution in [2.45, 2.75) is 69.3 Å². The Morgan fingerprint density at radius 3 is 2.07 bits per heavy atom. The van der Waals surface area contributed by atoms with E-state index in [4.69, 9.17) is 5.11 Å². The average Bonchev–Trinajstić information content (AvgIpc) is 2.61. The number of hydrogen-bond donors (Lipinski definition) is 2. The van der Waals surface area contributed by atoms with Crippen molar-refractivity contribution < 1.29 is 23.1 Å². The summed E-state index contributed by atoms with van der Waals surface area (Å²) in [4.78, 5) is 23.8. The van der Waals surface area contributed by atoms with Crippen LogP contribution >= 0.6 is 0 Å². The second kappa shape index (κ2) is 8.87. The van der Waals surface area contributed by atoms with E-state index in [1.54, 1.807) is 45.0 Å². The Bertz CT molecular complexity index is 764. The van der Waals surface area contributed by atoms with E-state index in [1.807, 2.05) is 0 Å². The van der Waals surface area contributed by atoms with Crippen LogP contribution in [0.2, 0.25) is 0 Å². The standard InChI is InChI=1S/C20H29NO5S/c1-13(2)18(27(25,26)17-7-5-4-6-8-17)19(22)21-16-11-9-15(10-12-16)14(3)20(23)24/h9-14,17-18H,4-8H2,1-3H3,(H,21,22)(H,23,24). The van der Waals surface area contributed by atoms with Crippen LogP contribution in [0, 0.1) is 5.92 Å². The summed E-state index contributed by atoms with van der Waals surface area (Å²) in [5, 5.41) is 10.2. The van der Waals surface area contributed by atoms with Gasteiger partial charge in [-0.25, -0.2) is 8.42 Å². The molecule has 0 bridgehead atoms. The summed E-state index contributed by atoms with van der Waals surface area (Å²) in [5.74, 6) is -2.42. The van der Waals surface area contributed by atoms with Gasteiger partial charge in [0.1, 0.15) is 5.25 Å². The normalized spacial score (nSPS) is 18.1. The second-order valence-corrected chi connectivity index (χ2v) is 10.0. The van der Waals surface area contributed by atoms with E-state index in [0.717, 1.165) is 19.3 Å².